The first-order valence-corrected chi connectivity index (χ1v) is 5.39. The second kappa shape index (κ2) is 5.22. The van der Waals surface area contributed by atoms with Crippen LogP contribution in [0.25, 0.3) is 0 Å². The zero-order valence-electron chi connectivity index (χ0n) is 8.05. The van der Waals surface area contributed by atoms with Crippen LogP contribution in [0.1, 0.15) is 26.7 Å². The minimum absolute atomic E-state index is 0.517. The number of nitrogens with one attached hydrogen (secondary N) is 1. The molecule has 0 saturated heterocycles. The molecule has 0 radical (unpaired) electrons. The topological polar surface area (TPSA) is 24.9 Å². The molecule has 0 aromatic carbocycles. The molecule has 1 aromatic heterocycles. The van der Waals surface area contributed by atoms with Gasteiger partial charge in [0.25, 0.3) is 0 Å². The molecule has 1 aromatic rings. The molecule has 1 atom stereocenters. The van der Waals surface area contributed by atoms with Gasteiger partial charge in [0.1, 0.15) is 0 Å². The zero-order valence-corrected chi connectivity index (χ0v) is 9.63. The Kier molecular flexibility index (Phi) is 4.22. The fourth-order valence-electron chi connectivity index (χ4n) is 1.26. The molecule has 0 aliphatic carbocycles. The van der Waals surface area contributed by atoms with Gasteiger partial charge < -0.3 is 5.32 Å². The van der Waals surface area contributed by atoms with Gasteiger partial charge in [0, 0.05) is 18.4 Å². The molecular weight excluding hydrogens is 228 g/mol. The van der Waals surface area contributed by atoms with Crippen LogP contribution in [0, 0.1) is 0 Å². The summed E-state index contributed by atoms with van der Waals surface area (Å²) in [6.07, 6.45) is 6.00. The fraction of sp³-hybridized carbons (Fsp3) is 0.500. The van der Waals surface area contributed by atoms with Gasteiger partial charge >= 0.3 is 0 Å². The predicted molar refractivity (Wildman–Crippen MR) is 59.9 cm³/mol. The van der Waals surface area contributed by atoms with Gasteiger partial charge in [-0.25, -0.2) is 0 Å². The highest BCUT2D eigenvalue weighted by atomic mass is 79.9. The lowest BCUT2D eigenvalue weighted by Crippen LogP contribution is -2.14. The highest BCUT2D eigenvalue weighted by Crippen LogP contribution is 2.21. The minimum Gasteiger partial charge on any atom is -0.382 e. The van der Waals surface area contributed by atoms with E-state index in [0.717, 1.165) is 10.2 Å². The Labute approximate surface area is 87.9 Å². The summed E-state index contributed by atoms with van der Waals surface area (Å²) in [6.45, 7) is 4.39. The van der Waals surface area contributed by atoms with Crippen LogP contribution in [-0.4, -0.2) is 11.0 Å². The molecular formula is C10H15BrN2. The van der Waals surface area contributed by atoms with Crippen molar-refractivity contribution < 1.29 is 0 Å². The first-order valence-electron chi connectivity index (χ1n) is 4.60. The Morgan fingerprint density at radius 3 is 3.00 bits per heavy atom. The van der Waals surface area contributed by atoms with Gasteiger partial charge in [-0.15, -0.1) is 0 Å². The number of pyridine rings is 1. The third-order valence-corrected chi connectivity index (χ3v) is 2.53. The van der Waals surface area contributed by atoms with Crippen LogP contribution in [0.15, 0.2) is 22.9 Å². The number of aromatic nitrogens is 1. The third kappa shape index (κ3) is 3.35. The number of hydrogen-bond donors (Lipinski definition) is 1. The van der Waals surface area contributed by atoms with Crippen LogP contribution in [0.2, 0.25) is 0 Å². The summed E-state index contributed by atoms with van der Waals surface area (Å²) >= 11 is 3.45. The van der Waals surface area contributed by atoms with E-state index in [1.54, 1.807) is 12.4 Å². The largest absolute Gasteiger partial charge is 0.382 e. The zero-order chi connectivity index (χ0) is 9.68. The van der Waals surface area contributed by atoms with E-state index in [1.807, 2.05) is 6.07 Å². The summed E-state index contributed by atoms with van der Waals surface area (Å²) in [6, 6.07) is 2.50. The van der Waals surface area contributed by atoms with Crippen molar-refractivity contribution in [2.45, 2.75) is 32.7 Å². The number of nitrogens with zero attached hydrogens (tertiary/aromatic N) is 1. The van der Waals surface area contributed by atoms with Crippen molar-refractivity contribution in [2.75, 3.05) is 5.32 Å². The van der Waals surface area contributed by atoms with E-state index in [-0.39, 0.29) is 0 Å². The van der Waals surface area contributed by atoms with E-state index in [4.69, 9.17) is 0 Å². The smallest absolute Gasteiger partial charge is 0.0590 e. The first-order chi connectivity index (χ1) is 6.24. The summed E-state index contributed by atoms with van der Waals surface area (Å²) in [5, 5.41) is 3.42. The van der Waals surface area contributed by atoms with Crippen LogP contribution in [-0.2, 0) is 0 Å². The van der Waals surface area contributed by atoms with Gasteiger partial charge in [-0.2, -0.15) is 0 Å². The summed E-state index contributed by atoms with van der Waals surface area (Å²) in [7, 11) is 0. The minimum atomic E-state index is 0.517. The highest BCUT2D eigenvalue weighted by molar-refractivity contribution is 9.10. The molecule has 0 saturated carbocycles. The van der Waals surface area contributed by atoms with Gasteiger partial charge in [0.05, 0.1) is 10.2 Å². The molecule has 13 heavy (non-hydrogen) atoms. The summed E-state index contributed by atoms with van der Waals surface area (Å²) in [5.41, 5.74) is 1.12. The predicted octanol–water partition coefficient (Wildman–Crippen LogP) is 3.44. The molecule has 0 fully saturated rings. The molecule has 0 spiro atoms. The molecule has 2 nitrogen and oxygen atoms in total. The van der Waals surface area contributed by atoms with Crippen molar-refractivity contribution >= 4 is 21.6 Å². The van der Waals surface area contributed by atoms with Gasteiger partial charge in [-0.05, 0) is 35.3 Å². The maximum Gasteiger partial charge on any atom is 0.0590 e. The normalized spacial score (nSPS) is 12.5. The van der Waals surface area contributed by atoms with Gasteiger partial charge in [0.2, 0.25) is 0 Å². The molecule has 1 rings (SSSR count). The van der Waals surface area contributed by atoms with Crippen molar-refractivity contribution in [3.8, 4) is 0 Å². The lowest BCUT2D eigenvalue weighted by atomic mass is 10.2. The highest BCUT2D eigenvalue weighted by Gasteiger charge is 2.02. The summed E-state index contributed by atoms with van der Waals surface area (Å²) < 4.78 is 1.03. The second-order valence-corrected chi connectivity index (χ2v) is 4.04. The molecule has 0 bridgehead atoms. The standard InChI is InChI=1S/C10H15BrN2/c1-3-4-8(2)13-10-5-6-12-7-9(10)11/h5-8H,3-4H2,1-2H3,(H,12,13). The van der Waals surface area contributed by atoms with E-state index < -0.39 is 0 Å². The van der Waals surface area contributed by atoms with Crippen LogP contribution < -0.4 is 5.32 Å². The monoisotopic (exact) mass is 242 g/mol. The van der Waals surface area contributed by atoms with Crippen molar-refractivity contribution in [1.29, 1.82) is 0 Å². The lowest BCUT2D eigenvalue weighted by molar-refractivity contribution is 0.690. The number of hydrogen-bond acceptors (Lipinski definition) is 2. The van der Waals surface area contributed by atoms with Crippen LogP contribution >= 0.6 is 15.9 Å². The molecule has 1 heterocycles. The molecule has 1 unspecified atom stereocenters. The molecule has 72 valence electrons. The Morgan fingerprint density at radius 2 is 2.38 bits per heavy atom. The van der Waals surface area contributed by atoms with Crippen molar-refractivity contribution in [1.82, 2.24) is 4.98 Å². The van der Waals surface area contributed by atoms with Crippen molar-refractivity contribution in [2.24, 2.45) is 0 Å². The Morgan fingerprint density at radius 1 is 1.62 bits per heavy atom. The van der Waals surface area contributed by atoms with E-state index >= 15 is 0 Å². The molecule has 0 aliphatic heterocycles. The van der Waals surface area contributed by atoms with Crippen LogP contribution in [0.4, 0.5) is 5.69 Å². The quantitative estimate of drug-likeness (QED) is 0.876. The van der Waals surface area contributed by atoms with Gasteiger partial charge in [-0.1, -0.05) is 13.3 Å². The van der Waals surface area contributed by atoms with Crippen molar-refractivity contribution in [3.63, 3.8) is 0 Å². The molecule has 0 aliphatic rings. The SMILES string of the molecule is CCCC(C)Nc1ccncc1Br. The summed E-state index contributed by atoms with van der Waals surface area (Å²) in [4.78, 5) is 4.01. The van der Waals surface area contributed by atoms with Gasteiger partial charge in [-0.3, -0.25) is 4.98 Å². The van der Waals surface area contributed by atoms with E-state index in [9.17, 15) is 0 Å². The number of anilines is 1. The van der Waals surface area contributed by atoms with E-state index in [2.05, 4.69) is 40.1 Å². The Balaban J connectivity index is 2.58. The number of rotatable bonds is 4. The molecule has 0 amide bonds. The third-order valence-electron chi connectivity index (χ3n) is 1.90. The summed E-state index contributed by atoms with van der Waals surface area (Å²) in [5.74, 6) is 0. The van der Waals surface area contributed by atoms with E-state index in [1.165, 1.54) is 12.8 Å². The fourth-order valence-corrected chi connectivity index (χ4v) is 1.63. The Hall–Kier alpha value is -0.570. The van der Waals surface area contributed by atoms with Crippen molar-refractivity contribution in [3.05, 3.63) is 22.9 Å². The lowest BCUT2D eigenvalue weighted by Gasteiger charge is -2.14. The maximum absolute atomic E-state index is 4.01. The van der Waals surface area contributed by atoms with Gasteiger partial charge in [0.15, 0.2) is 0 Å². The average molecular weight is 243 g/mol. The number of halogens is 1. The van der Waals surface area contributed by atoms with Crippen LogP contribution in [0.3, 0.4) is 0 Å². The Bertz CT molecular complexity index is 263. The van der Waals surface area contributed by atoms with Crippen LogP contribution in [0.5, 0.6) is 0 Å². The first kappa shape index (κ1) is 10.5. The second-order valence-electron chi connectivity index (χ2n) is 3.19. The average Bonchev–Trinajstić information content (AvgIpc) is 2.09. The maximum atomic E-state index is 4.01. The molecule has 3 heteroatoms. The van der Waals surface area contributed by atoms with E-state index in [0.29, 0.717) is 6.04 Å². The molecule has 1 N–H and O–H groups in total.